The first-order chi connectivity index (χ1) is 9.22. The second-order valence-electron chi connectivity index (χ2n) is 5.13. The van der Waals surface area contributed by atoms with Crippen LogP contribution in [0.3, 0.4) is 0 Å². The summed E-state index contributed by atoms with van der Waals surface area (Å²) in [5.74, 6) is 0.361. The quantitative estimate of drug-likeness (QED) is 0.885. The highest BCUT2D eigenvalue weighted by molar-refractivity contribution is 5.40. The molecule has 1 atom stereocenters. The summed E-state index contributed by atoms with van der Waals surface area (Å²) in [4.78, 5) is 4.50. The molecule has 3 rings (SSSR count). The molecular weight excluding hydrogens is 236 g/mol. The number of pyridine rings is 1. The number of aromatic hydroxyl groups is 1. The summed E-state index contributed by atoms with van der Waals surface area (Å²) in [5.41, 5.74) is 4.70. The average molecular weight is 254 g/mol. The maximum Gasteiger partial charge on any atom is 0.115 e. The van der Waals surface area contributed by atoms with Crippen LogP contribution in [0.4, 0.5) is 0 Å². The first-order valence-corrected chi connectivity index (χ1v) is 6.70. The minimum absolute atomic E-state index is 0.361. The van der Waals surface area contributed by atoms with E-state index < -0.39 is 0 Å². The van der Waals surface area contributed by atoms with Gasteiger partial charge in [0.1, 0.15) is 5.75 Å². The first kappa shape index (κ1) is 12.2. The van der Waals surface area contributed by atoms with Gasteiger partial charge in [-0.2, -0.15) is 0 Å². The summed E-state index contributed by atoms with van der Waals surface area (Å²) in [5, 5.41) is 13.0. The smallest absolute Gasteiger partial charge is 0.115 e. The van der Waals surface area contributed by atoms with Crippen molar-refractivity contribution in [2.24, 2.45) is 0 Å². The van der Waals surface area contributed by atoms with Crippen LogP contribution in [0, 0.1) is 6.92 Å². The summed E-state index contributed by atoms with van der Waals surface area (Å²) in [6, 6.07) is 12.1. The second kappa shape index (κ2) is 5.02. The van der Waals surface area contributed by atoms with Gasteiger partial charge in [0.15, 0.2) is 0 Å². The van der Waals surface area contributed by atoms with E-state index in [0.717, 1.165) is 30.8 Å². The number of nitrogens with zero attached hydrogens (tertiary/aromatic N) is 1. The van der Waals surface area contributed by atoms with Gasteiger partial charge in [0.25, 0.3) is 0 Å². The van der Waals surface area contributed by atoms with Crippen LogP contribution < -0.4 is 5.32 Å². The highest BCUT2D eigenvalue weighted by atomic mass is 16.3. The van der Waals surface area contributed by atoms with Crippen molar-refractivity contribution >= 4 is 0 Å². The number of phenols is 1. The zero-order valence-electron chi connectivity index (χ0n) is 11.1. The lowest BCUT2D eigenvalue weighted by atomic mass is 10.1. The fourth-order valence-corrected chi connectivity index (χ4v) is 2.74. The summed E-state index contributed by atoms with van der Waals surface area (Å²) in [6.07, 6.45) is 2.12. The minimum Gasteiger partial charge on any atom is -0.508 e. The molecule has 0 fully saturated rings. The molecular formula is C16H18N2O. The normalized spacial score (nSPS) is 17.4. The molecule has 3 heteroatoms. The minimum atomic E-state index is 0.361. The molecule has 1 aliphatic rings. The molecule has 1 aliphatic carbocycles. The van der Waals surface area contributed by atoms with Crippen LogP contribution in [0.5, 0.6) is 5.75 Å². The van der Waals surface area contributed by atoms with Crippen molar-refractivity contribution in [3.8, 4) is 5.75 Å². The SMILES string of the molecule is Cc1cccc(CNC2CCc3cc(O)ccc32)n1. The van der Waals surface area contributed by atoms with E-state index in [-0.39, 0.29) is 0 Å². The predicted molar refractivity (Wildman–Crippen MR) is 75.0 cm³/mol. The van der Waals surface area contributed by atoms with Gasteiger partial charge in [-0.25, -0.2) is 0 Å². The Kier molecular flexibility index (Phi) is 3.22. The number of nitrogens with one attached hydrogen (secondary N) is 1. The molecule has 1 aromatic carbocycles. The summed E-state index contributed by atoms with van der Waals surface area (Å²) >= 11 is 0. The molecule has 1 heterocycles. The van der Waals surface area contributed by atoms with E-state index in [9.17, 15) is 5.11 Å². The highest BCUT2D eigenvalue weighted by Gasteiger charge is 2.22. The van der Waals surface area contributed by atoms with Crippen molar-refractivity contribution in [2.75, 3.05) is 0 Å². The van der Waals surface area contributed by atoms with Gasteiger partial charge in [-0.3, -0.25) is 4.98 Å². The molecule has 0 spiro atoms. The maximum absolute atomic E-state index is 9.49. The number of hydrogen-bond acceptors (Lipinski definition) is 3. The zero-order valence-corrected chi connectivity index (χ0v) is 11.1. The number of hydrogen-bond donors (Lipinski definition) is 2. The van der Waals surface area contributed by atoms with E-state index in [2.05, 4.69) is 10.3 Å². The van der Waals surface area contributed by atoms with Crippen molar-refractivity contribution in [3.05, 3.63) is 58.9 Å². The third-order valence-corrected chi connectivity index (χ3v) is 3.68. The Hall–Kier alpha value is -1.87. The van der Waals surface area contributed by atoms with Crippen molar-refractivity contribution in [3.63, 3.8) is 0 Å². The molecule has 0 bridgehead atoms. The third kappa shape index (κ3) is 2.61. The molecule has 2 aromatic rings. The van der Waals surface area contributed by atoms with Crippen LogP contribution in [-0.4, -0.2) is 10.1 Å². The first-order valence-electron chi connectivity index (χ1n) is 6.70. The molecule has 0 amide bonds. The van der Waals surface area contributed by atoms with Crippen LogP contribution in [0.15, 0.2) is 36.4 Å². The van der Waals surface area contributed by atoms with Crippen LogP contribution in [-0.2, 0) is 13.0 Å². The highest BCUT2D eigenvalue weighted by Crippen LogP contribution is 2.33. The van der Waals surface area contributed by atoms with E-state index in [1.54, 1.807) is 6.07 Å². The van der Waals surface area contributed by atoms with Gasteiger partial charge in [-0.15, -0.1) is 0 Å². The van der Waals surface area contributed by atoms with Gasteiger partial charge in [-0.05, 0) is 55.2 Å². The van der Waals surface area contributed by atoms with Crippen molar-refractivity contribution in [2.45, 2.75) is 32.4 Å². The Morgan fingerprint density at radius 2 is 2.21 bits per heavy atom. The second-order valence-corrected chi connectivity index (χ2v) is 5.13. The molecule has 98 valence electrons. The Bertz CT molecular complexity index is 595. The van der Waals surface area contributed by atoms with E-state index in [4.69, 9.17) is 0 Å². The number of fused-ring (bicyclic) bond motifs is 1. The van der Waals surface area contributed by atoms with Gasteiger partial charge in [0.05, 0.1) is 5.69 Å². The van der Waals surface area contributed by atoms with Gasteiger partial charge < -0.3 is 10.4 Å². The molecule has 0 radical (unpaired) electrons. The average Bonchev–Trinajstić information content (AvgIpc) is 2.78. The third-order valence-electron chi connectivity index (χ3n) is 3.68. The number of aromatic nitrogens is 1. The molecule has 0 aliphatic heterocycles. The lowest BCUT2D eigenvalue weighted by Gasteiger charge is -2.14. The number of phenolic OH excluding ortho intramolecular Hbond substituents is 1. The zero-order chi connectivity index (χ0) is 13.2. The van der Waals surface area contributed by atoms with Crippen LogP contribution in [0.1, 0.15) is 35.0 Å². The maximum atomic E-state index is 9.49. The molecule has 19 heavy (non-hydrogen) atoms. The van der Waals surface area contributed by atoms with Gasteiger partial charge in [-0.1, -0.05) is 12.1 Å². The number of rotatable bonds is 3. The Morgan fingerprint density at radius 1 is 1.32 bits per heavy atom. The predicted octanol–water partition coefficient (Wildman–Crippen LogP) is 2.87. The van der Waals surface area contributed by atoms with Gasteiger partial charge in [0.2, 0.25) is 0 Å². The fraction of sp³-hybridized carbons (Fsp3) is 0.312. The lowest BCUT2D eigenvalue weighted by Crippen LogP contribution is -2.19. The molecule has 3 nitrogen and oxygen atoms in total. The fourth-order valence-electron chi connectivity index (χ4n) is 2.74. The van der Waals surface area contributed by atoms with Gasteiger partial charge >= 0.3 is 0 Å². The Balaban J connectivity index is 1.70. The van der Waals surface area contributed by atoms with Crippen molar-refractivity contribution in [1.29, 1.82) is 0 Å². The molecule has 1 aromatic heterocycles. The van der Waals surface area contributed by atoms with Crippen LogP contribution in [0.25, 0.3) is 0 Å². The number of aryl methyl sites for hydroxylation is 2. The van der Waals surface area contributed by atoms with E-state index in [0.29, 0.717) is 11.8 Å². The van der Waals surface area contributed by atoms with Crippen molar-refractivity contribution < 1.29 is 5.11 Å². The topological polar surface area (TPSA) is 45.1 Å². The Labute approximate surface area is 113 Å². The molecule has 1 unspecified atom stereocenters. The Morgan fingerprint density at radius 3 is 3.05 bits per heavy atom. The van der Waals surface area contributed by atoms with E-state index in [1.165, 1.54) is 11.1 Å². The van der Waals surface area contributed by atoms with E-state index >= 15 is 0 Å². The summed E-state index contributed by atoms with van der Waals surface area (Å²) in [6.45, 7) is 2.80. The van der Waals surface area contributed by atoms with Crippen LogP contribution >= 0.6 is 0 Å². The molecule has 0 saturated heterocycles. The molecule has 0 saturated carbocycles. The van der Waals surface area contributed by atoms with E-state index in [1.807, 2.05) is 37.3 Å². The monoisotopic (exact) mass is 254 g/mol. The van der Waals surface area contributed by atoms with Gasteiger partial charge in [0, 0.05) is 18.3 Å². The summed E-state index contributed by atoms with van der Waals surface area (Å²) in [7, 11) is 0. The van der Waals surface area contributed by atoms with Crippen molar-refractivity contribution in [1.82, 2.24) is 10.3 Å². The van der Waals surface area contributed by atoms with Crippen LogP contribution in [0.2, 0.25) is 0 Å². The number of benzene rings is 1. The molecule has 2 N–H and O–H groups in total. The largest absolute Gasteiger partial charge is 0.508 e. The summed E-state index contributed by atoms with van der Waals surface area (Å²) < 4.78 is 0. The lowest BCUT2D eigenvalue weighted by molar-refractivity contribution is 0.474. The standard InChI is InChI=1S/C16H18N2O/c1-11-3-2-4-13(18-11)10-17-16-8-5-12-9-14(19)6-7-15(12)16/h2-4,6-7,9,16-17,19H,5,8,10H2,1H3.